The third-order valence-electron chi connectivity index (χ3n) is 5.81. The Morgan fingerprint density at radius 3 is 2.70 bits per heavy atom. The molecule has 10 heteroatoms. The number of carbonyl (C=O) groups is 1. The number of alkyl halides is 3. The van der Waals surface area contributed by atoms with Crippen LogP contribution < -0.4 is 0 Å². The van der Waals surface area contributed by atoms with Gasteiger partial charge in [-0.25, -0.2) is 15.0 Å². The van der Waals surface area contributed by atoms with E-state index in [9.17, 15) is 18.0 Å². The summed E-state index contributed by atoms with van der Waals surface area (Å²) in [6, 6.07) is 4.66. The molecule has 0 spiro atoms. The van der Waals surface area contributed by atoms with Gasteiger partial charge in [0, 0.05) is 23.0 Å². The molecule has 2 aromatic heterocycles. The first-order chi connectivity index (χ1) is 15.6. The minimum atomic E-state index is -4.45. The Kier molecular flexibility index (Phi) is 6.83. The van der Waals surface area contributed by atoms with E-state index in [2.05, 4.69) is 26.8 Å². The van der Waals surface area contributed by atoms with Crippen LogP contribution in [0.15, 0.2) is 30.6 Å². The molecule has 4 rings (SSSR count). The predicted molar refractivity (Wildman–Crippen MR) is 121 cm³/mol. The van der Waals surface area contributed by atoms with E-state index in [1.165, 1.54) is 36.7 Å². The molecule has 0 radical (unpaired) electrons. The molecule has 5 nitrogen and oxygen atoms in total. The average Bonchev–Trinajstić information content (AvgIpc) is 3.34. The topological polar surface area (TPSA) is 59.0 Å². The van der Waals surface area contributed by atoms with Gasteiger partial charge in [-0.15, -0.1) is 11.3 Å². The number of nitrogens with zero attached hydrogens (tertiary/aromatic N) is 4. The van der Waals surface area contributed by atoms with Crippen molar-refractivity contribution >= 4 is 28.7 Å². The number of Topliss-reactive ketones (excluding diaryl/α,β-unsaturated/α-hetero) is 1. The molecule has 3 aromatic rings. The van der Waals surface area contributed by atoms with Crippen LogP contribution in [0.3, 0.4) is 0 Å². The van der Waals surface area contributed by atoms with E-state index < -0.39 is 11.7 Å². The minimum absolute atomic E-state index is 0.0124. The predicted octanol–water partition coefficient (Wildman–Crippen LogP) is 5.99. The molecule has 174 valence electrons. The molecule has 0 N–H and O–H groups in total. The number of aromatic nitrogens is 3. The summed E-state index contributed by atoms with van der Waals surface area (Å²) in [7, 11) is 0. The van der Waals surface area contributed by atoms with Gasteiger partial charge >= 0.3 is 6.18 Å². The summed E-state index contributed by atoms with van der Waals surface area (Å²) in [5, 5.41) is 0.715. The van der Waals surface area contributed by atoms with E-state index in [1.807, 2.05) is 0 Å². The van der Waals surface area contributed by atoms with Gasteiger partial charge in [-0.1, -0.05) is 23.7 Å². The van der Waals surface area contributed by atoms with Gasteiger partial charge in [-0.2, -0.15) is 13.2 Å². The fraction of sp³-hybridized carbons (Fsp3) is 0.391. The van der Waals surface area contributed by atoms with Gasteiger partial charge in [-0.3, -0.25) is 9.69 Å². The molecular formula is C23H22ClF3N4OS. The Morgan fingerprint density at radius 2 is 2.06 bits per heavy atom. The first-order valence-corrected chi connectivity index (χ1v) is 11.7. The van der Waals surface area contributed by atoms with Crippen LogP contribution in [-0.2, 0) is 19.1 Å². The van der Waals surface area contributed by atoms with Gasteiger partial charge < -0.3 is 0 Å². The number of hydrogen-bond donors (Lipinski definition) is 0. The zero-order valence-corrected chi connectivity index (χ0v) is 19.7. The van der Waals surface area contributed by atoms with Gasteiger partial charge in [0.1, 0.15) is 15.9 Å². The lowest BCUT2D eigenvalue weighted by Gasteiger charge is -2.20. The second-order valence-electron chi connectivity index (χ2n) is 8.19. The smallest absolute Gasteiger partial charge is 0.296 e. The molecule has 0 unspecified atom stereocenters. The van der Waals surface area contributed by atoms with Crippen LogP contribution in [0.4, 0.5) is 13.2 Å². The summed E-state index contributed by atoms with van der Waals surface area (Å²) in [4.78, 5) is 28.3. The molecule has 3 heterocycles. The normalized spacial score (nSPS) is 17.0. The van der Waals surface area contributed by atoms with Gasteiger partial charge in [-0.05, 0) is 44.9 Å². The Balaban J connectivity index is 1.69. The highest BCUT2D eigenvalue weighted by Gasteiger charge is 2.33. The second kappa shape index (κ2) is 9.48. The molecule has 33 heavy (non-hydrogen) atoms. The summed E-state index contributed by atoms with van der Waals surface area (Å²) in [5.74, 6) is -0.277. The first-order valence-electron chi connectivity index (χ1n) is 10.5. The number of ketones is 1. The minimum Gasteiger partial charge on any atom is -0.296 e. The van der Waals surface area contributed by atoms with E-state index in [0.717, 1.165) is 30.3 Å². The lowest BCUT2D eigenvalue weighted by Crippen LogP contribution is -2.25. The number of carbonyl (C=O) groups excluding carboxylic acids is 1. The summed E-state index contributed by atoms with van der Waals surface area (Å²) in [6.45, 7) is 5.09. The lowest BCUT2D eigenvalue weighted by molar-refractivity contribution is -0.138. The maximum Gasteiger partial charge on any atom is 0.416 e. The Hall–Kier alpha value is -2.36. The molecule has 1 aliphatic heterocycles. The quantitative estimate of drug-likeness (QED) is 0.394. The number of halogens is 4. The van der Waals surface area contributed by atoms with Crippen LogP contribution >= 0.6 is 22.9 Å². The largest absolute Gasteiger partial charge is 0.416 e. The van der Waals surface area contributed by atoms with Crippen molar-refractivity contribution in [3.05, 3.63) is 62.5 Å². The van der Waals surface area contributed by atoms with E-state index >= 15 is 0 Å². The Bertz CT molecular complexity index is 1160. The number of rotatable bonds is 6. The maximum absolute atomic E-state index is 13.5. The SMILES string of the molecule is Cc1ccc(-c2nc(CC(=O)c3cnc(Cl)cn3)sc2CN2CCC[C@H]2C)cc1C(F)(F)F. The van der Waals surface area contributed by atoms with Gasteiger partial charge in [0.25, 0.3) is 0 Å². The van der Waals surface area contributed by atoms with Crippen LogP contribution in [0.25, 0.3) is 11.3 Å². The fourth-order valence-corrected chi connectivity index (χ4v) is 5.19. The monoisotopic (exact) mass is 494 g/mol. The van der Waals surface area contributed by atoms with Crippen LogP contribution in [0.1, 0.15) is 51.3 Å². The zero-order valence-electron chi connectivity index (χ0n) is 18.1. The Morgan fingerprint density at radius 1 is 1.27 bits per heavy atom. The van der Waals surface area contributed by atoms with Crippen LogP contribution in [0.2, 0.25) is 5.15 Å². The molecular weight excluding hydrogens is 473 g/mol. The molecule has 1 fully saturated rings. The van der Waals surface area contributed by atoms with Gasteiger partial charge in [0.2, 0.25) is 0 Å². The van der Waals surface area contributed by atoms with Gasteiger partial charge in [0.15, 0.2) is 5.78 Å². The molecule has 0 bridgehead atoms. The lowest BCUT2D eigenvalue weighted by atomic mass is 10.0. The summed E-state index contributed by atoms with van der Waals surface area (Å²) >= 11 is 7.09. The molecule has 1 saturated heterocycles. The second-order valence-corrected chi connectivity index (χ2v) is 9.75. The molecule has 0 aliphatic carbocycles. The van der Waals surface area contributed by atoms with Gasteiger partial charge in [0.05, 0.1) is 30.1 Å². The molecule has 1 atom stereocenters. The number of hydrogen-bond acceptors (Lipinski definition) is 6. The number of benzene rings is 1. The summed E-state index contributed by atoms with van der Waals surface area (Å²) < 4.78 is 40.6. The highest BCUT2D eigenvalue weighted by atomic mass is 35.5. The first kappa shape index (κ1) is 23.8. The van der Waals surface area contributed by atoms with Crippen molar-refractivity contribution in [2.75, 3.05) is 6.54 Å². The molecule has 0 amide bonds. The van der Waals surface area contributed by atoms with Crippen molar-refractivity contribution < 1.29 is 18.0 Å². The van der Waals surface area contributed by atoms with Crippen molar-refractivity contribution in [1.29, 1.82) is 0 Å². The molecule has 0 saturated carbocycles. The third-order valence-corrected chi connectivity index (χ3v) is 7.05. The van der Waals surface area contributed by atoms with E-state index in [4.69, 9.17) is 11.6 Å². The van der Waals surface area contributed by atoms with Crippen LogP contribution in [-0.4, -0.2) is 38.2 Å². The van der Waals surface area contributed by atoms with Crippen molar-refractivity contribution in [1.82, 2.24) is 19.9 Å². The number of thiazole rings is 1. The molecule has 1 aromatic carbocycles. The average molecular weight is 495 g/mol. The van der Waals surface area contributed by atoms with Crippen molar-refractivity contribution in [2.24, 2.45) is 0 Å². The van der Waals surface area contributed by atoms with Crippen molar-refractivity contribution in [3.8, 4) is 11.3 Å². The van der Waals surface area contributed by atoms with Crippen molar-refractivity contribution in [2.45, 2.75) is 51.9 Å². The fourth-order valence-electron chi connectivity index (χ4n) is 3.98. The highest BCUT2D eigenvalue weighted by Crippen LogP contribution is 2.37. The third kappa shape index (κ3) is 5.42. The number of likely N-dealkylation sites (tertiary alicyclic amines) is 1. The standard InChI is InChI=1S/C23H22ClF3N4OS/c1-13-5-6-15(8-16(13)23(25,26)27)22-19(12-31-7-3-4-14(31)2)33-21(30-22)9-18(32)17-10-29-20(24)11-28-17/h5-6,8,10-11,14H,3-4,7,9,12H2,1-2H3/t14-/m1/s1. The highest BCUT2D eigenvalue weighted by molar-refractivity contribution is 7.12. The van der Waals surface area contributed by atoms with Crippen LogP contribution in [0.5, 0.6) is 0 Å². The summed E-state index contributed by atoms with van der Waals surface area (Å²) in [5.41, 5.74) is 0.543. The number of aryl methyl sites for hydroxylation is 1. The van der Waals surface area contributed by atoms with E-state index in [-0.39, 0.29) is 28.6 Å². The molecule has 1 aliphatic rings. The van der Waals surface area contributed by atoms with E-state index in [1.54, 1.807) is 6.07 Å². The zero-order chi connectivity index (χ0) is 23.8. The summed E-state index contributed by atoms with van der Waals surface area (Å²) in [6.07, 6.45) is 0.304. The maximum atomic E-state index is 13.5. The Labute approximate surface area is 198 Å². The van der Waals surface area contributed by atoms with Crippen molar-refractivity contribution in [3.63, 3.8) is 0 Å². The van der Waals surface area contributed by atoms with Crippen LogP contribution in [0, 0.1) is 6.92 Å². The van der Waals surface area contributed by atoms with E-state index in [0.29, 0.717) is 28.9 Å².